The smallest absolute Gasteiger partial charge is 0.227 e. The molecule has 2 atom stereocenters. The SMILES string of the molecule is O=C([C@@H]1CCCNC1)N1CCCC1C1CCCCC1. The summed E-state index contributed by atoms with van der Waals surface area (Å²) in [5.41, 5.74) is 0. The van der Waals surface area contributed by atoms with Crippen molar-refractivity contribution in [2.45, 2.75) is 63.8 Å². The van der Waals surface area contributed by atoms with E-state index in [1.165, 1.54) is 51.4 Å². The van der Waals surface area contributed by atoms with Crippen LogP contribution in [0.4, 0.5) is 0 Å². The summed E-state index contributed by atoms with van der Waals surface area (Å²) >= 11 is 0. The average molecular weight is 264 g/mol. The van der Waals surface area contributed by atoms with Crippen molar-refractivity contribution in [2.75, 3.05) is 19.6 Å². The summed E-state index contributed by atoms with van der Waals surface area (Å²) in [6.45, 7) is 3.03. The maximum Gasteiger partial charge on any atom is 0.227 e. The summed E-state index contributed by atoms with van der Waals surface area (Å²) in [6.07, 6.45) is 11.6. The molecular weight excluding hydrogens is 236 g/mol. The number of piperidine rings is 1. The van der Waals surface area contributed by atoms with Gasteiger partial charge in [-0.25, -0.2) is 0 Å². The van der Waals surface area contributed by atoms with Crippen molar-refractivity contribution in [1.29, 1.82) is 0 Å². The van der Waals surface area contributed by atoms with Crippen molar-refractivity contribution in [3.05, 3.63) is 0 Å². The molecule has 2 saturated heterocycles. The predicted octanol–water partition coefficient (Wildman–Crippen LogP) is 2.56. The molecule has 0 radical (unpaired) electrons. The molecule has 1 N–H and O–H groups in total. The highest BCUT2D eigenvalue weighted by atomic mass is 16.2. The van der Waals surface area contributed by atoms with Crippen molar-refractivity contribution >= 4 is 5.91 Å². The standard InChI is InChI=1S/C16H28N2O/c19-16(14-8-4-10-17-12-14)18-11-5-9-15(18)13-6-2-1-3-7-13/h13-15,17H,1-12H2/t14-,15?/m1/s1. The predicted molar refractivity (Wildman–Crippen MR) is 76.9 cm³/mol. The van der Waals surface area contributed by atoms with Gasteiger partial charge in [0.25, 0.3) is 0 Å². The number of likely N-dealkylation sites (tertiary alicyclic amines) is 1. The average Bonchev–Trinajstić information content (AvgIpc) is 2.98. The van der Waals surface area contributed by atoms with E-state index in [9.17, 15) is 4.79 Å². The highest BCUT2D eigenvalue weighted by Crippen LogP contribution is 2.35. The number of amides is 1. The van der Waals surface area contributed by atoms with E-state index in [2.05, 4.69) is 10.2 Å². The lowest BCUT2D eigenvalue weighted by atomic mass is 9.82. The fourth-order valence-electron chi connectivity index (χ4n) is 4.37. The van der Waals surface area contributed by atoms with E-state index in [-0.39, 0.29) is 5.92 Å². The molecule has 1 saturated carbocycles. The maximum absolute atomic E-state index is 12.7. The Hall–Kier alpha value is -0.570. The summed E-state index contributed by atoms with van der Waals surface area (Å²) in [5, 5.41) is 3.39. The van der Waals surface area contributed by atoms with Gasteiger partial charge in [0, 0.05) is 19.1 Å². The van der Waals surface area contributed by atoms with Crippen LogP contribution >= 0.6 is 0 Å². The number of nitrogens with one attached hydrogen (secondary N) is 1. The fraction of sp³-hybridized carbons (Fsp3) is 0.938. The Kier molecular flexibility index (Phi) is 4.42. The molecule has 3 rings (SSSR count). The topological polar surface area (TPSA) is 32.3 Å². The Morgan fingerprint density at radius 2 is 1.79 bits per heavy atom. The van der Waals surface area contributed by atoms with Gasteiger partial charge in [-0.2, -0.15) is 0 Å². The molecule has 0 aromatic heterocycles. The number of nitrogens with zero attached hydrogens (tertiary/aromatic N) is 1. The van der Waals surface area contributed by atoms with Crippen molar-refractivity contribution in [3.63, 3.8) is 0 Å². The minimum absolute atomic E-state index is 0.262. The van der Waals surface area contributed by atoms with Gasteiger partial charge >= 0.3 is 0 Å². The van der Waals surface area contributed by atoms with Crippen LogP contribution in [0.5, 0.6) is 0 Å². The quantitative estimate of drug-likeness (QED) is 0.831. The van der Waals surface area contributed by atoms with Gasteiger partial charge in [0.15, 0.2) is 0 Å². The molecule has 3 fully saturated rings. The van der Waals surface area contributed by atoms with Gasteiger partial charge in [-0.1, -0.05) is 19.3 Å². The highest BCUT2D eigenvalue weighted by Gasteiger charge is 2.37. The summed E-state index contributed by atoms with van der Waals surface area (Å²) in [7, 11) is 0. The van der Waals surface area contributed by atoms with Crippen LogP contribution in [0.25, 0.3) is 0 Å². The van der Waals surface area contributed by atoms with Crippen LogP contribution in [0.3, 0.4) is 0 Å². The van der Waals surface area contributed by atoms with Gasteiger partial charge in [0.05, 0.1) is 5.92 Å². The summed E-state index contributed by atoms with van der Waals surface area (Å²) in [4.78, 5) is 15.0. The lowest BCUT2D eigenvalue weighted by Crippen LogP contribution is -2.47. The van der Waals surface area contributed by atoms with Crippen LogP contribution < -0.4 is 5.32 Å². The van der Waals surface area contributed by atoms with E-state index < -0.39 is 0 Å². The van der Waals surface area contributed by atoms with Crippen molar-refractivity contribution in [2.24, 2.45) is 11.8 Å². The molecular formula is C16H28N2O. The minimum atomic E-state index is 0.262. The Morgan fingerprint density at radius 1 is 0.947 bits per heavy atom. The van der Waals surface area contributed by atoms with Gasteiger partial charge in [-0.05, 0) is 51.0 Å². The second-order valence-corrected chi connectivity index (χ2v) is 6.68. The highest BCUT2D eigenvalue weighted by molar-refractivity contribution is 5.79. The summed E-state index contributed by atoms with van der Waals surface area (Å²) < 4.78 is 0. The first-order valence-electron chi connectivity index (χ1n) is 8.37. The molecule has 0 bridgehead atoms. The van der Waals surface area contributed by atoms with Crippen molar-refractivity contribution in [1.82, 2.24) is 10.2 Å². The third kappa shape index (κ3) is 2.96. The molecule has 108 valence electrons. The van der Waals surface area contributed by atoms with Gasteiger partial charge < -0.3 is 10.2 Å². The fourth-order valence-corrected chi connectivity index (χ4v) is 4.37. The van der Waals surface area contributed by atoms with Gasteiger partial charge in [0.2, 0.25) is 5.91 Å². The first-order chi connectivity index (χ1) is 9.36. The largest absolute Gasteiger partial charge is 0.339 e. The Bertz CT molecular complexity index is 306. The zero-order chi connectivity index (χ0) is 13.1. The number of rotatable bonds is 2. The molecule has 0 spiro atoms. The van der Waals surface area contributed by atoms with Crippen molar-refractivity contribution < 1.29 is 4.79 Å². The molecule has 19 heavy (non-hydrogen) atoms. The zero-order valence-electron chi connectivity index (χ0n) is 12.1. The Labute approximate surface area is 117 Å². The third-order valence-corrected chi connectivity index (χ3v) is 5.42. The monoisotopic (exact) mass is 264 g/mol. The van der Waals surface area contributed by atoms with E-state index in [1.54, 1.807) is 0 Å². The van der Waals surface area contributed by atoms with Crippen LogP contribution in [-0.2, 0) is 4.79 Å². The van der Waals surface area contributed by atoms with Gasteiger partial charge in [-0.3, -0.25) is 4.79 Å². The molecule has 1 amide bonds. The van der Waals surface area contributed by atoms with E-state index in [1.807, 2.05) is 0 Å². The zero-order valence-corrected chi connectivity index (χ0v) is 12.1. The van der Waals surface area contributed by atoms with Gasteiger partial charge in [-0.15, -0.1) is 0 Å². The Balaban J connectivity index is 1.62. The molecule has 0 aromatic carbocycles. The summed E-state index contributed by atoms with van der Waals surface area (Å²) in [6, 6.07) is 0.578. The minimum Gasteiger partial charge on any atom is -0.339 e. The van der Waals surface area contributed by atoms with E-state index in [4.69, 9.17) is 0 Å². The molecule has 3 heteroatoms. The van der Waals surface area contributed by atoms with E-state index in [0.717, 1.165) is 32.0 Å². The van der Waals surface area contributed by atoms with E-state index >= 15 is 0 Å². The summed E-state index contributed by atoms with van der Waals surface area (Å²) in [5.74, 6) is 1.52. The molecule has 3 nitrogen and oxygen atoms in total. The van der Waals surface area contributed by atoms with Crippen LogP contribution in [0, 0.1) is 11.8 Å². The van der Waals surface area contributed by atoms with Crippen LogP contribution in [0.1, 0.15) is 57.8 Å². The second-order valence-electron chi connectivity index (χ2n) is 6.68. The second kappa shape index (κ2) is 6.25. The van der Waals surface area contributed by atoms with Crippen LogP contribution in [0.15, 0.2) is 0 Å². The molecule has 0 aromatic rings. The van der Waals surface area contributed by atoms with Crippen LogP contribution in [-0.4, -0.2) is 36.5 Å². The maximum atomic E-state index is 12.7. The molecule has 2 aliphatic heterocycles. The lowest BCUT2D eigenvalue weighted by Gasteiger charge is -2.36. The molecule has 1 unspecified atom stereocenters. The number of carbonyl (C=O) groups is 1. The Morgan fingerprint density at radius 3 is 2.53 bits per heavy atom. The van der Waals surface area contributed by atoms with E-state index in [0.29, 0.717) is 11.9 Å². The number of hydrogen-bond acceptors (Lipinski definition) is 2. The van der Waals surface area contributed by atoms with Crippen LogP contribution in [0.2, 0.25) is 0 Å². The normalized spacial score (nSPS) is 33.6. The van der Waals surface area contributed by atoms with Crippen molar-refractivity contribution in [3.8, 4) is 0 Å². The molecule has 3 aliphatic rings. The van der Waals surface area contributed by atoms with Gasteiger partial charge in [0.1, 0.15) is 0 Å². The first kappa shape index (κ1) is 13.4. The molecule has 1 aliphatic carbocycles. The number of carbonyl (C=O) groups excluding carboxylic acids is 1. The first-order valence-corrected chi connectivity index (χ1v) is 8.37. The molecule has 2 heterocycles. The number of hydrogen-bond donors (Lipinski definition) is 1. The third-order valence-electron chi connectivity index (χ3n) is 5.42. The lowest BCUT2D eigenvalue weighted by molar-refractivity contribution is -0.138.